The molecule has 2 aromatic rings. The highest BCUT2D eigenvalue weighted by molar-refractivity contribution is 7.87. The standard InChI is InChI=1S/C21H31FN4O2S2/c1-3-26(4-2)30(27,28)24-14-7-5-6-13-23-21-25-20-18-15-17(22)12-11-16(18)9-8-10-19(20)29-21/h11-12,15,24H,3-10,13-14H2,1-2H3,(H,23,25). The molecule has 1 aromatic heterocycles. The second-order valence-corrected chi connectivity index (χ2v) is 10.3. The van der Waals surface area contributed by atoms with E-state index in [1.165, 1.54) is 20.8 Å². The van der Waals surface area contributed by atoms with Gasteiger partial charge in [0.1, 0.15) is 5.82 Å². The van der Waals surface area contributed by atoms with Gasteiger partial charge in [0.05, 0.1) is 5.69 Å². The zero-order valence-corrected chi connectivity index (χ0v) is 19.3. The third kappa shape index (κ3) is 5.78. The molecule has 1 aromatic carbocycles. The van der Waals surface area contributed by atoms with Crippen molar-refractivity contribution in [1.29, 1.82) is 0 Å². The number of nitrogens with zero attached hydrogens (tertiary/aromatic N) is 2. The minimum atomic E-state index is -3.36. The van der Waals surface area contributed by atoms with Gasteiger partial charge in [-0.25, -0.2) is 14.1 Å². The average Bonchev–Trinajstić information content (AvgIpc) is 3.04. The van der Waals surface area contributed by atoms with Crippen molar-refractivity contribution in [3.63, 3.8) is 0 Å². The predicted octanol–water partition coefficient (Wildman–Crippen LogP) is 4.20. The van der Waals surface area contributed by atoms with Gasteiger partial charge in [-0.1, -0.05) is 26.3 Å². The Kier molecular flexibility index (Phi) is 8.21. The monoisotopic (exact) mass is 454 g/mol. The van der Waals surface area contributed by atoms with Crippen LogP contribution >= 0.6 is 11.3 Å². The number of hydrogen-bond acceptors (Lipinski definition) is 5. The Labute approximate surface area is 183 Å². The SMILES string of the molecule is CCN(CC)S(=O)(=O)NCCCCCNc1nc2c(s1)CCCc1ccc(F)cc1-2. The van der Waals surface area contributed by atoms with E-state index in [0.717, 1.165) is 61.5 Å². The first-order valence-electron chi connectivity index (χ1n) is 10.7. The first-order chi connectivity index (χ1) is 14.4. The van der Waals surface area contributed by atoms with Crippen molar-refractivity contribution in [2.24, 2.45) is 0 Å². The number of fused-ring (bicyclic) bond motifs is 3. The van der Waals surface area contributed by atoms with E-state index in [9.17, 15) is 12.8 Å². The van der Waals surface area contributed by atoms with Crippen molar-refractivity contribution in [2.75, 3.05) is 31.5 Å². The van der Waals surface area contributed by atoms with Gasteiger partial charge in [0.15, 0.2) is 5.13 Å². The second kappa shape index (κ2) is 10.7. The number of halogens is 1. The molecule has 9 heteroatoms. The molecule has 0 amide bonds. The van der Waals surface area contributed by atoms with Crippen LogP contribution in [0.1, 0.15) is 50.0 Å². The van der Waals surface area contributed by atoms with Crippen molar-refractivity contribution in [2.45, 2.75) is 52.4 Å². The molecule has 3 rings (SSSR count). The van der Waals surface area contributed by atoms with Crippen molar-refractivity contribution in [1.82, 2.24) is 14.0 Å². The van der Waals surface area contributed by atoms with Gasteiger partial charge >= 0.3 is 0 Å². The zero-order chi connectivity index (χ0) is 21.6. The van der Waals surface area contributed by atoms with Crippen LogP contribution in [0.25, 0.3) is 11.3 Å². The molecule has 1 aliphatic carbocycles. The Balaban J connectivity index is 1.45. The van der Waals surface area contributed by atoms with Crippen LogP contribution in [0.4, 0.5) is 9.52 Å². The number of unbranched alkanes of at least 4 members (excludes halogenated alkanes) is 2. The van der Waals surface area contributed by atoms with E-state index in [0.29, 0.717) is 19.6 Å². The van der Waals surface area contributed by atoms with Crippen LogP contribution in [-0.4, -0.2) is 43.9 Å². The quantitative estimate of drug-likeness (QED) is 0.499. The Hall–Kier alpha value is -1.55. The Morgan fingerprint density at radius 3 is 2.67 bits per heavy atom. The summed E-state index contributed by atoms with van der Waals surface area (Å²) in [5, 5.41) is 4.25. The van der Waals surface area contributed by atoms with Gasteiger partial charge in [0, 0.05) is 36.6 Å². The lowest BCUT2D eigenvalue weighted by Gasteiger charge is -2.18. The lowest BCUT2D eigenvalue weighted by atomic mass is 10.0. The highest BCUT2D eigenvalue weighted by Gasteiger charge is 2.20. The Morgan fingerprint density at radius 1 is 1.13 bits per heavy atom. The summed E-state index contributed by atoms with van der Waals surface area (Å²) in [4.78, 5) is 5.96. The van der Waals surface area contributed by atoms with E-state index in [-0.39, 0.29) is 5.82 Å². The first-order valence-corrected chi connectivity index (χ1v) is 13.0. The maximum absolute atomic E-state index is 13.8. The van der Waals surface area contributed by atoms with Gasteiger partial charge < -0.3 is 5.32 Å². The highest BCUT2D eigenvalue weighted by atomic mass is 32.2. The fourth-order valence-electron chi connectivity index (χ4n) is 3.71. The third-order valence-electron chi connectivity index (χ3n) is 5.33. The molecule has 0 saturated carbocycles. The summed E-state index contributed by atoms with van der Waals surface area (Å²) in [7, 11) is -3.36. The zero-order valence-electron chi connectivity index (χ0n) is 17.7. The Bertz CT molecular complexity index is 942. The van der Waals surface area contributed by atoms with E-state index < -0.39 is 10.2 Å². The Morgan fingerprint density at radius 2 is 1.90 bits per heavy atom. The van der Waals surface area contributed by atoms with E-state index in [4.69, 9.17) is 4.98 Å². The number of aromatic nitrogens is 1. The molecule has 0 fully saturated rings. The summed E-state index contributed by atoms with van der Waals surface area (Å²) >= 11 is 1.66. The second-order valence-electron chi connectivity index (χ2n) is 7.42. The van der Waals surface area contributed by atoms with Crippen molar-refractivity contribution < 1.29 is 12.8 Å². The lowest BCUT2D eigenvalue weighted by Crippen LogP contribution is -2.40. The molecule has 0 radical (unpaired) electrons. The highest BCUT2D eigenvalue weighted by Crippen LogP contribution is 2.37. The number of nitrogens with one attached hydrogen (secondary N) is 2. The molecule has 0 atom stereocenters. The molecule has 0 spiro atoms. The lowest BCUT2D eigenvalue weighted by molar-refractivity contribution is 0.434. The predicted molar refractivity (Wildman–Crippen MR) is 122 cm³/mol. The molecule has 0 aliphatic heterocycles. The van der Waals surface area contributed by atoms with Crippen LogP contribution in [0.2, 0.25) is 0 Å². The topological polar surface area (TPSA) is 74.3 Å². The summed E-state index contributed by atoms with van der Waals surface area (Å²) in [6.45, 7) is 5.86. The van der Waals surface area contributed by atoms with E-state index in [2.05, 4.69) is 10.0 Å². The van der Waals surface area contributed by atoms with Crippen molar-refractivity contribution >= 4 is 26.7 Å². The summed E-state index contributed by atoms with van der Waals surface area (Å²) in [6.07, 6.45) is 5.63. The fraction of sp³-hybridized carbons (Fsp3) is 0.571. The van der Waals surface area contributed by atoms with Crippen molar-refractivity contribution in [3.8, 4) is 11.3 Å². The minimum Gasteiger partial charge on any atom is -0.361 e. The summed E-state index contributed by atoms with van der Waals surface area (Å²) < 4.78 is 42.0. The van der Waals surface area contributed by atoms with Crippen LogP contribution in [0.3, 0.4) is 0 Å². The fourth-order valence-corrected chi connectivity index (χ4v) is 6.02. The smallest absolute Gasteiger partial charge is 0.279 e. The molecule has 1 aliphatic rings. The molecular weight excluding hydrogens is 423 g/mol. The summed E-state index contributed by atoms with van der Waals surface area (Å²) in [6, 6.07) is 5.00. The van der Waals surface area contributed by atoms with Gasteiger partial charge in [-0.2, -0.15) is 12.7 Å². The number of thiazole rings is 1. The van der Waals surface area contributed by atoms with Crippen LogP contribution < -0.4 is 10.0 Å². The van der Waals surface area contributed by atoms with Gasteiger partial charge in [-0.3, -0.25) is 0 Å². The average molecular weight is 455 g/mol. The first kappa shape index (κ1) is 23.1. The summed E-state index contributed by atoms with van der Waals surface area (Å²) in [5.41, 5.74) is 3.01. The van der Waals surface area contributed by atoms with E-state index >= 15 is 0 Å². The van der Waals surface area contributed by atoms with Crippen LogP contribution in [0.5, 0.6) is 0 Å². The van der Waals surface area contributed by atoms with Crippen molar-refractivity contribution in [3.05, 3.63) is 34.5 Å². The third-order valence-corrected chi connectivity index (χ3v) is 8.17. The van der Waals surface area contributed by atoms with Crippen LogP contribution in [0, 0.1) is 5.82 Å². The van der Waals surface area contributed by atoms with E-state index in [1.54, 1.807) is 17.4 Å². The maximum atomic E-state index is 13.8. The van der Waals surface area contributed by atoms with E-state index in [1.807, 2.05) is 19.9 Å². The minimum absolute atomic E-state index is 0.222. The normalized spacial score (nSPS) is 13.7. The number of rotatable bonds is 11. The molecule has 6 nitrogen and oxygen atoms in total. The van der Waals surface area contributed by atoms with Gasteiger partial charge in [-0.15, -0.1) is 11.3 Å². The molecule has 0 bridgehead atoms. The number of anilines is 1. The number of benzene rings is 1. The molecule has 30 heavy (non-hydrogen) atoms. The van der Waals surface area contributed by atoms with Crippen LogP contribution in [-0.2, 0) is 23.1 Å². The molecule has 1 heterocycles. The summed E-state index contributed by atoms with van der Waals surface area (Å²) in [5.74, 6) is -0.222. The maximum Gasteiger partial charge on any atom is 0.279 e. The molecule has 0 unspecified atom stereocenters. The molecule has 0 saturated heterocycles. The molecule has 2 N–H and O–H groups in total. The molecule has 166 valence electrons. The number of aryl methyl sites for hydroxylation is 2. The molecular formula is C21H31FN4O2S2. The van der Waals surface area contributed by atoms with Gasteiger partial charge in [0.2, 0.25) is 0 Å². The van der Waals surface area contributed by atoms with Gasteiger partial charge in [-0.05, 0) is 49.8 Å². The van der Waals surface area contributed by atoms with Crippen LogP contribution in [0.15, 0.2) is 18.2 Å². The number of hydrogen-bond donors (Lipinski definition) is 2. The largest absolute Gasteiger partial charge is 0.361 e. The van der Waals surface area contributed by atoms with Gasteiger partial charge in [0.25, 0.3) is 10.2 Å².